The Morgan fingerprint density at radius 1 is 0.829 bits per heavy atom. The Labute approximate surface area is 205 Å². The van der Waals surface area contributed by atoms with Crippen LogP contribution >= 0.6 is 0 Å². The number of nitrogens with one attached hydrogen (secondary N) is 4. The van der Waals surface area contributed by atoms with Crippen molar-refractivity contribution >= 4 is 29.1 Å². The van der Waals surface area contributed by atoms with Gasteiger partial charge < -0.3 is 26.0 Å². The van der Waals surface area contributed by atoms with Crippen LogP contribution in [0.4, 0.5) is 11.4 Å². The van der Waals surface area contributed by atoms with Gasteiger partial charge >= 0.3 is 0 Å². The average Bonchev–Trinajstić information content (AvgIpc) is 2.88. The van der Waals surface area contributed by atoms with Gasteiger partial charge in [-0.1, -0.05) is 42.5 Å². The quantitative estimate of drug-likeness (QED) is 0.318. The number of ether oxygens (including phenoxy) is 1. The van der Waals surface area contributed by atoms with Crippen LogP contribution in [0.3, 0.4) is 0 Å². The third kappa shape index (κ3) is 7.97. The van der Waals surface area contributed by atoms with Crippen LogP contribution in [0.25, 0.3) is 0 Å². The van der Waals surface area contributed by atoms with Gasteiger partial charge in [-0.3, -0.25) is 14.4 Å². The van der Waals surface area contributed by atoms with E-state index >= 15 is 0 Å². The molecule has 35 heavy (non-hydrogen) atoms. The standard InChI is InChI=1S/C27H30N4O4/c1-19(20-8-4-3-5-9-20)30-27(34)22-11-6-12-23(16-22)29-18-25(32)31-24-13-7-10-21(17-24)26(33)28-14-15-35-2/h3-13,16-17,19,29H,14-15,18H2,1-2H3,(H,28,33)(H,30,34)(H,31,32). The molecule has 4 N–H and O–H groups in total. The van der Waals surface area contributed by atoms with E-state index in [1.165, 1.54) is 0 Å². The van der Waals surface area contributed by atoms with Gasteiger partial charge in [0.05, 0.1) is 19.2 Å². The van der Waals surface area contributed by atoms with E-state index < -0.39 is 0 Å². The molecule has 0 saturated carbocycles. The number of carbonyl (C=O) groups excluding carboxylic acids is 3. The first-order chi connectivity index (χ1) is 17.0. The van der Waals surface area contributed by atoms with Crippen molar-refractivity contribution in [3.63, 3.8) is 0 Å². The Kier molecular flexibility index (Phi) is 9.39. The maximum absolute atomic E-state index is 12.7. The van der Waals surface area contributed by atoms with Crippen molar-refractivity contribution in [2.75, 3.05) is 37.4 Å². The molecule has 8 nitrogen and oxygen atoms in total. The van der Waals surface area contributed by atoms with E-state index in [0.717, 1.165) is 5.56 Å². The molecule has 182 valence electrons. The summed E-state index contributed by atoms with van der Waals surface area (Å²) < 4.78 is 4.92. The van der Waals surface area contributed by atoms with E-state index in [1.54, 1.807) is 55.6 Å². The van der Waals surface area contributed by atoms with Gasteiger partial charge in [-0.2, -0.15) is 0 Å². The van der Waals surface area contributed by atoms with E-state index in [0.29, 0.717) is 35.7 Å². The summed E-state index contributed by atoms with van der Waals surface area (Å²) in [6.07, 6.45) is 0. The lowest BCUT2D eigenvalue weighted by atomic mass is 10.1. The van der Waals surface area contributed by atoms with Crippen molar-refractivity contribution in [2.24, 2.45) is 0 Å². The minimum Gasteiger partial charge on any atom is -0.383 e. The summed E-state index contributed by atoms with van der Waals surface area (Å²) in [5, 5.41) is 11.5. The molecule has 0 aliphatic rings. The highest BCUT2D eigenvalue weighted by Gasteiger charge is 2.12. The van der Waals surface area contributed by atoms with E-state index in [1.807, 2.05) is 37.3 Å². The summed E-state index contributed by atoms with van der Waals surface area (Å²) >= 11 is 0. The highest BCUT2D eigenvalue weighted by atomic mass is 16.5. The summed E-state index contributed by atoms with van der Waals surface area (Å²) in [7, 11) is 1.56. The van der Waals surface area contributed by atoms with Gasteiger partial charge in [0.15, 0.2) is 0 Å². The topological polar surface area (TPSA) is 109 Å². The van der Waals surface area contributed by atoms with Crippen LogP contribution in [0.2, 0.25) is 0 Å². The molecule has 0 bridgehead atoms. The molecule has 0 heterocycles. The first kappa shape index (κ1) is 25.5. The van der Waals surface area contributed by atoms with E-state index in [2.05, 4.69) is 21.3 Å². The number of benzene rings is 3. The van der Waals surface area contributed by atoms with E-state index in [9.17, 15) is 14.4 Å². The predicted octanol–water partition coefficient (Wildman–Crippen LogP) is 3.60. The monoisotopic (exact) mass is 474 g/mol. The van der Waals surface area contributed by atoms with Gasteiger partial charge in [0, 0.05) is 36.2 Å². The zero-order valence-electron chi connectivity index (χ0n) is 19.8. The molecular weight excluding hydrogens is 444 g/mol. The molecule has 0 fully saturated rings. The van der Waals surface area contributed by atoms with Gasteiger partial charge in [0.1, 0.15) is 0 Å². The fourth-order valence-corrected chi connectivity index (χ4v) is 3.37. The summed E-state index contributed by atoms with van der Waals surface area (Å²) in [5.74, 6) is -0.725. The third-order valence-corrected chi connectivity index (χ3v) is 5.23. The average molecular weight is 475 g/mol. The Morgan fingerprint density at radius 3 is 2.20 bits per heavy atom. The highest BCUT2D eigenvalue weighted by molar-refractivity contribution is 5.98. The number of rotatable bonds is 11. The minimum absolute atomic E-state index is 0.00421. The van der Waals surface area contributed by atoms with Gasteiger partial charge in [-0.05, 0) is 48.9 Å². The number of carbonyl (C=O) groups is 3. The van der Waals surface area contributed by atoms with Crippen LogP contribution in [0.15, 0.2) is 78.9 Å². The molecule has 1 unspecified atom stereocenters. The normalized spacial score (nSPS) is 11.3. The molecule has 0 aliphatic carbocycles. The molecule has 3 amide bonds. The molecule has 3 rings (SSSR count). The van der Waals surface area contributed by atoms with Crippen LogP contribution in [0, 0.1) is 0 Å². The number of methoxy groups -OCH3 is 1. The summed E-state index contributed by atoms with van der Waals surface area (Å²) in [6.45, 7) is 2.74. The molecule has 0 aromatic heterocycles. The fourth-order valence-electron chi connectivity index (χ4n) is 3.37. The fraction of sp³-hybridized carbons (Fsp3) is 0.222. The number of hydrogen-bond donors (Lipinski definition) is 4. The van der Waals surface area contributed by atoms with Crippen LogP contribution in [0.1, 0.15) is 39.2 Å². The lowest BCUT2D eigenvalue weighted by Crippen LogP contribution is -2.27. The molecule has 0 aliphatic heterocycles. The Balaban J connectivity index is 1.52. The van der Waals surface area contributed by atoms with Crippen LogP contribution in [-0.2, 0) is 9.53 Å². The molecule has 0 radical (unpaired) electrons. The highest BCUT2D eigenvalue weighted by Crippen LogP contribution is 2.15. The van der Waals surface area contributed by atoms with Gasteiger partial charge in [0.25, 0.3) is 11.8 Å². The number of anilines is 2. The zero-order valence-corrected chi connectivity index (χ0v) is 19.8. The molecule has 1 atom stereocenters. The molecule has 0 saturated heterocycles. The number of amides is 3. The lowest BCUT2D eigenvalue weighted by molar-refractivity contribution is -0.114. The molecule has 0 spiro atoms. The summed E-state index contributed by atoms with van der Waals surface area (Å²) in [5.41, 5.74) is 3.11. The van der Waals surface area contributed by atoms with Crippen molar-refractivity contribution in [1.82, 2.24) is 10.6 Å². The summed E-state index contributed by atoms with van der Waals surface area (Å²) in [4.78, 5) is 37.3. The van der Waals surface area contributed by atoms with Crippen LogP contribution in [0.5, 0.6) is 0 Å². The Hall–Kier alpha value is -4.17. The Morgan fingerprint density at radius 2 is 1.49 bits per heavy atom. The molecule has 8 heteroatoms. The van der Waals surface area contributed by atoms with Crippen LogP contribution < -0.4 is 21.3 Å². The minimum atomic E-state index is -0.283. The molecule has 3 aromatic carbocycles. The van der Waals surface area contributed by atoms with Crippen molar-refractivity contribution in [1.29, 1.82) is 0 Å². The second-order valence-electron chi connectivity index (χ2n) is 7.92. The zero-order chi connectivity index (χ0) is 25.0. The van der Waals surface area contributed by atoms with Gasteiger partial charge in [-0.25, -0.2) is 0 Å². The van der Waals surface area contributed by atoms with E-state index in [4.69, 9.17) is 4.74 Å². The van der Waals surface area contributed by atoms with Crippen molar-refractivity contribution in [2.45, 2.75) is 13.0 Å². The largest absolute Gasteiger partial charge is 0.383 e. The van der Waals surface area contributed by atoms with Gasteiger partial charge in [0.2, 0.25) is 5.91 Å². The van der Waals surface area contributed by atoms with Crippen molar-refractivity contribution in [3.05, 3.63) is 95.6 Å². The predicted molar refractivity (Wildman–Crippen MR) is 137 cm³/mol. The maximum atomic E-state index is 12.7. The maximum Gasteiger partial charge on any atom is 0.251 e. The smallest absolute Gasteiger partial charge is 0.251 e. The van der Waals surface area contributed by atoms with E-state index in [-0.39, 0.29) is 30.3 Å². The first-order valence-corrected chi connectivity index (χ1v) is 11.3. The lowest BCUT2D eigenvalue weighted by Gasteiger charge is -2.15. The van der Waals surface area contributed by atoms with Crippen molar-refractivity contribution < 1.29 is 19.1 Å². The first-order valence-electron chi connectivity index (χ1n) is 11.3. The molecular formula is C27H30N4O4. The second kappa shape index (κ2) is 12.9. The van der Waals surface area contributed by atoms with Crippen LogP contribution in [-0.4, -0.2) is 44.5 Å². The number of hydrogen-bond acceptors (Lipinski definition) is 5. The second-order valence-corrected chi connectivity index (χ2v) is 7.92. The SMILES string of the molecule is COCCNC(=O)c1cccc(NC(=O)CNc2cccc(C(=O)NC(C)c3ccccc3)c2)c1. The third-order valence-electron chi connectivity index (χ3n) is 5.23. The molecule has 3 aromatic rings. The summed E-state index contributed by atoms with van der Waals surface area (Å²) in [6, 6.07) is 23.3. The van der Waals surface area contributed by atoms with Crippen molar-refractivity contribution in [3.8, 4) is 0 Å². The Bertz CT molecular complexity index is 1150. The van der Waals surface area contributed by atoms with Gasteiger partial charge in [-0.15, -0.1) is 0 Å².